The highest BCUT2D eigenvalue weighted by atomic mass is 19.4. The molecule has 0 atom stereocenters. The highest BCUT2D eigenvalue weighted by molar-refractivity contribution is 5.18. The third kappa shape index (κ3) is 4.70. The standard InChI is InChI=1S/C8F16.C5H10/c9-1(2(10)11)3(12,13)4(14,15)5(16,17)6(18,19)7(20,21)8(22,23)24;1-2-4-5-3-1/h;1-5H2. The summed E-state index contributed by atoms with van der Waals surface area (Å²) >= 11 is 0. The largest absolute Gasteiger partial charge is 0.460 e. The fourth-order valence-electron chi connectivity index (χ4n) is 1.91. The highest BCUT2D eigenvalue weighted by Crippen LogP contribution is 2.61. The summed E-state index contributed by atoms with van der Waals surface area (Å²) in [5.74, 6) is -44.9. The maximum atomic E-state index is 12.7. The summed E-state index contributed by atoms with van der Waals surface area (Å²) in [6.07, 6.45) is -4.56. The van der Waals surface area contributed by atoms with Gasteiger partial charge in [-0.3, -0.25) is 0 Å². The zero-order valence-electron chi connectivity index (χ0n) is 13.6. The van der Waals surface area contributed by atoms with E-state index in [9.17, 15) is 70.2 Å². The summed E-state index contributed by atoms with van der Waals surface area (Å²) in [5.41, 5.74) is 0. The molecule has 1 saturated carbocycles. The Labute approximate surface area is 151 Å². The van der Waals surface area contributed by atoms with Gasteiger partial charge in [0, 0.05) is 0 Å². The van der Waals surface area contributed by atoms with Gasteiger partial charge in [-0.2, -0.15) is 70.2 Å². The second kappa shape index (κ2) is 8.40. The molecule has 1 fully saturated rings. The first kappa shape index (κ1) is 27.6. The Kier molecular flexibility index (Phi) is 8.00. The lowest BCUT2D eigenvalue weighted by molar-refractivity contribution is -0.437. The van der Waals surface area contributed by atoms with Gasteiger partial charge in [-0.05, 0) is 0 Å². The van der Waals surface area contributed by atoms with Crippen molar-refractivity contribution in [2.75, 3.05) is 0 Å². The predicted octanol–water partition coefficient (Wildman–Crippen LogP) is 7.75. The van der Waals surface area contributed by atoms with E-state index >= 15 is 0 Å². The number of hydrogen-bond acceptors (Lipinski definition) is 0. The van der Waals surface area contributed by atoms with Crippen LogP contribution < -0.4 is 0 Å². The van der Waals surface area contributed by atoms with E-state index in [0.717, 1.165) is 0 Å². The van der Waals surface area contributed by atoms with Gasteiger partial charge in [0.25, 0.3) is 0 Å². The minimum atomic E-state index is -8.31. The molecule has 174 valence electrons. The van der Waals surface area contributed by atoms with Crippen LogP contribution in [0.2, 0.25) is 0 Å². The van der Waals surface area contributed by atoms with Crippen LogP contribution in [0.25, 0.3) is 0 Å². The van der Waals surface area contributed by atoms with Crippen LogP contribution in [0.3, 0.4) is 0 Å². The summed E-state index contributed by atoms with van der Waals surface area (Å²) in [5, 5.41) is 0. The van der Waals surface area contributed by atoms with Crippen LogP contribution in [-0.2, 0) is 0 Å². The van der Waals surface area contributed by atoms with E-state index in [1.54, 1.807) is 0 Å². The first-order valence-electron chi connectivity index (χ1n) is 7.27. The molecule has 0 aromatic heterocycles. The Morgan fingerprint density at radius 3 is 0.931 bits per heavy atom. The monoisotopic (exact) mass is 470 g/mol. The molecule has 1 rings (SSSR count). The quantitative estimate of drug-likeness (QED) is 0.361. The second-order valence-electron chi connectivity index (χ2n) is 5.71. The molecular weight excluding hydrogens is 460 g/mol. The molecule has 1 aliphatic carbocycles. The molecule has 0 bridgehead atoms. The normalized spacial score (nSPS) is 17.0. The number of allylic oxidation sites excluding steroid dienone is 1. The number of hydrogen-bond donors (Lipinski definition) is 0. The van der Waals surface area contributed by atoms with Crippen LogP contribution in [0.1, 0.15) is 32.1 Å². The van der Waals surface area contributed by atoms with Crippen LogP contribution in [-0.4, -0.2) is 35.8 Å². The topological polar surface area (TPSA) is 0 Å². The molecule has 1 aliphatic rings. The Bertz CT molecular complexity index is 569. The molecule has 0 aliphatic heterocycles. The van der Waals surface area contributed by atoms with Gasteiger partial charge in [0.05, 0.1) is 0 Å². The van der Waals surface area contributed by atoms with Crippen LogP contribution in [0.15, 0.2) is 11.9 Å². The summed E-state index contributed by atoms with van der Waals surface area (Å²) in [6.45, 7) is 0. The smallest absolute Gasteiger partial charge is 0.199 e. The van der Waals surface area contributed by atoms with E-state index < -0.39 is 47.7 Å². The predicted molar refractivity (Wildman–Crippen MR) is 64.2 cm³/mol. The maximum absolute atomic E-state index is 12.7. The van der Waals surface area contributed by atoms with E-state index in [2.05, 4.69) is 0 Å². The summed E-state index contributed by atoms with van der Waals surface area (Å²) in [4.78, 5) is 0. The Hall–Kier alpha value is -1.38. The van der Waals surface area contributed by atoms with Gasteiger partial charge < -0.3 is 0 Å². The molecule has 0 amide bonds. The summed E-state index contributed by atoms with van der Waals surface area (Å²) in [7, 11) is 0. The minimum absolute atomic E-state index is 1.50. The lowest BCUT2D eigenvalue weighted by Crippen LogP contribution is -2.70. The maximum Gasteiger partial charge on any atom is 0.460 e. The van der Waals surface area contributed by atoms with E-state index in [1.165, 1.54) is 32.1 Å². The van der Waals surface area contributed by atoms with Crippen molar-refractivity contribution in [2.45, 2.75) is 67.9 Å². The van der Waals surface area contributed by atoms with Gasteiger partial charge in [-0.15, -0.1) is 0 Å². The molecule has 0 N–H and O–H groups in total. The molecule has 0 spiro atoms. The molecule has 0 unspecified atom stereocenters. The first-order chi connectivity index (χ1) is 12.6. The van der Waals surface area contributed by atoms with Crippen LogP contribution >= 0.6 is 0 Å². The number of rotatable bonds is 5. The van der Waals surface area contributed by atoms with Crippen molar-refractivity contribution in [3.05, 3.63) is 11.9 Å². The van der Waals surface area contributed by atoms with Gasteiger partial charge in [0.1, 0.15) is 0 Å². The molecule has 0 aromatic rings. The van der Waals surface area contributed by atoms with Crippen molar-refractivity contribution < 1.29 is 70.2 Å². The molecule has 0 saturated heterocycles. The second-order valence-corrected chi connectivity index (χ2v) is 5.71. The van der Waals surface area contributed by atoms with Crippen molar-refractivity contribution in [3.8, 4) is 0 Å². The molecule has 16 heteroatoms. The molecule has 29 heavy (non-hydrogen) atoms. The molecule has 0 heterocycles. The Balaban J connectivity index is 0.00000135. The highest BCUT2D eigenvalue weighted by Gasteiger charge is 2.91. The zero-order chi connectivity index (χ0) is 23.7. The van der Waals surface area contributed by atoms with Crippen LogP contribution in [0, 0.1) is 0 Å². The van der Waals surface area contributed by atoms with Crippen LogP contribution in [0.5, 0.6) is 0 Å². The lowest BCUT2D eigenvalue weighted by atomic mass is 9.93. The molecule has 0 aromatic carbocycles. The van der Waals surface area contributed by atoms with Gasteiger partial charge in [-0.1, -0.05) is 32.1 Å². The lowest BCUT2D eigenvalue weighted by Gasteiger charge is -2.39. The molecule has 0 nitrogen and oxygen atoms in total. The van der Waals surface area contributed by atoms with E-state index in [1.807, 2.05) is 0 Å². The summed E-state index contributed by atoms with van der Waals surface area (Å²) in [6, 6.07) is 0. The van der Waals surface area contributed by atoms with Crippen LogP contribution in [0.4, 0.5) is 70.2 Å². The van der Waals surface area contributed by atoms with Crippen molar-refractivity contribution in [3.63, 3.8) is 0 Å². The SMILES string of the molecule is C1CCCC1.FC(F)=C(F)C(F)(F)C(F)(F)C(F)(F)C(F)(F)C(F)(F)C(F)(F)F. The van der Waals surface area contributed by atoms with E-state index in [-0.39, 0.29) is 0 Å². The van der Waals surface area contributed by atoms with Crippen molar-refractivity contribution in [1.29, 1.82) is 0 Å². The summed E-state index contributed by atoms with van der Waals surface area (Å²) < 4.78 is 196. The molecular formula is C13H10F16. The number of alkyl halides is 13. The average Bonchev–Trinajstić information content (AvgIpc) is 3.11. The number of halogens is 16. The van der Waals surface area contributed by atoms with Crippen molar-refractivity contribution in [1.82, 2.24) is 0 Å². The van der Waals surface area contributed by atoms with E-state index in [4.69, 9.17) is 0 Å². The third-order valence-corrected chi connectivity index (χ3v) is 3.62. The average molecular weight is 470 g/mol. The zero-order valence-corrected chi connectivity index (χ0v) is 13.6. The van der Waals surface area contributed by atoms with Gasteiger partial charge in [0.2, 0.25) is 5.83 Å². The fraction of sp³-hybridized carbons (Fsp3) is 0.846. The van der Waals surface area contributed by atoms with Gasteiger partial charge in [0.15, 0.2) is 0 Å². The minimum Gasteiger partial charge on any atom is -0.199 e. The van der Waals surface area contributed by atoms with E-state index in [0.29, 0.717) is 0 Å². The Morgan fingerprint density at radius 1 is 0.414 bits per heavy atom. The first-order valence-corrected chi connectivity index (χ1v) is 7.27. The fourth-order valence-corrected chi connectivity index (χ4v) is 1.91. The van der Waals surface area contributed by atoms with Crippen molar-refractivity contribution in [2.24, 2.45) is 0 Å². The van der Waals surface area contributed by atoms with Gasteiger partial charge >= 0.3 is 41.9 Å². The third-order valence-electron chi connectivity index (χ3n) is 3.62. The van der Waals surface area contributed by atoms with Crippen molar-refractivity contribution >= 4 is 0 Å². The molecule has 0 radical (unpaired) electrons. The Morgan fingerprint density at radius 2 is 0.690 bits per heavy atom. The van der Waals surface area contributed by atoms with Gasteiger partial charge in [-0.25, -0.2) is 0 Å².